The Morgan fingerprint density at radius 2 is 1.86 bits per heavy atom. The minimum Gasteiger partial charge on any atom is -0.496 e. The van der Waals surface area contributed by atoms with Crippen LogP contribution in [0.4, 0.5) is 0 Å². The van der Waals surface area contributed by atoms with Gasteiger partial charge in [0.2, 0.25) is 0 Å². The van der Waals surface area contributed by atoms with Gasteiger partial charge in [0.05, 0.1) is 13.2 Å². The van der Waals surface area contributed by atoms with E-state index < -0.39 is 0 Å². The van der Waals surface area contributed by atoms with Gasteiger partial charge in [-0.2, -0.15) is 0 Å². The maximum atomic E-state index is 5.97. The summed E-state index contributed by atoms with van der Waals surface area (Å²) in [5.74, 6) is 11.5. The molecule has 3 N–H and O–H groups in total. The van der Waals surface area contributed by atoms with E-state index in [1.54, 1.807) is 7.11 Å². The molecule has 21 heavy (non-hydrogen) atoms. The largest absolute Gasteiger partial charge is 0.496 e. The van der Waals surface area contributed by atoms with E-state index in [2.05, 4.69) is 31.4 Å². The highest BCUT2D eigenvalue weighted by atomic mass is 16.5. The topological polar surface area (TPSA) is 47.3 Å². The number of nitrogens with two attached hydrogens (primary N) is 1. The van der Waals surface area contributed by atoms with Gasteiger partial charge in [0.15, 0.2) is 0 Å². The average molecular weight is 286 g/mol. The summed E-state index contributed by atoms with van der Waals surface area (Å²) in [5.41, 5.74) is 6.89. The van der Waals surface area contributed by atoms with E-state index in [9.17, 15) is 0 Å². The van der Waals surface area contributed by atoms with Crippen LogP contribution in [0.5, 0.6) is 5.75 Å². The monoisotopic (exact) mass is 286 g/mol. The van der Waals surface area contributed by atoms with Crippen molar-refractivity contribution >= 4 is 0 Å². The van der Waals surface area contributed by atoms with Gasteiger partial charge in [-0.05, 0) is 73.8 Å². The SMILES string of the molecule is COc1c(C(NN)C2C3C4CCC(C4)C32)ccc(C)c1C. The minimum absolute atomic E-state index is 0.248. The molecular weight excluding hydrogens is 260 g/mol. The second kappa shape index (κ2) is 4.72. The van der Waals surface area contributed by atoms with Crippen LogP contribution >= 0.6 is 0 Å². The van der Waals surface area contributed by atoms with Crippen molar-refractivity contribution < 1.29 is 4.74 Å². The number of nitrogens with one attached hydrogen (secondary N) is 1. The molecule has 0 saturated heterocycles. The Balaban J connectivity index is 1.67. The summed E-state index contributed by atoms with van der Waals surface area (Å²) in [4.78, 5) is 0. The molecule has 1 aromatic rings. The molecule has 5 atom stereocenters. The molecule has 1 aromatic carbocycles. The molecule has 3 nitrogen and oxygen atoms in total. The van der Waals surface area contributed by atoms with Crippen LogP contribution < -0.4 is 16.0 Å². The number of rotatable bonds is 4. The van der Waals surface area contributed by atoms with Gasteiger partial charge in [-0.25, -0.2) is 0 Å². The molecule has 4 rings (SSSR count). The van der Waals surface area contributed by atoms with Crippen molar-refractivity contribution in [3.63, 3.8) is 0 Å². The van der Waals surface area contributed by atoms with Crippen LogP contribution in [-0.4, -0.2) is 7.11 Å². The molecule has 3 aliphatic rings. The lowest BCUT2D eigenvalue weighted by Gasteiger charge is -2.24. The molecule has 0 radical (unpaired) electrons. The quantitative estimate of drug-likeness (QED) is 0.660. The van der Waals surface area contributed by atoms with Gasteiger partial charge in [0.25, 0.3) is 0 Å². The zero-order chi connectivity index (χ0) is 14.7. The maximum absolute atomic E-state index is 5.97. The summed E-state index contributed by atoms with van der Waals surface area (Å²) in [6, 6.07) is 4.66. The third kappa shape index (κ3) is 1.80. The van der Waals surface area contributed by atoms with Crippen molar-refractivity contribution in [2.75, 3.05) is 7.11 Å². The van der Waals surface area contributed by atoms with Crippen molar-refractivity contribution in [3.05, 3.63) is 28.8 Å². The third-order valence-electron chi connectivity index (χ3n) is 6.61. The van der Waals surface area contributed by atoms with Crippen LogP contribution in [0.15, 0.2) is 12.1 Å². The first-order chi connectivity index (χ1) is 10.2. The van der Waals surface area contributed by atoms with E-state index in [4.69, 9.17) is 10.6 Å². The molecule has 3 aliphatic carbocycles. The van der Waals surface area contributed by atoms with E-state index in [1.165, 1.54) is 36.0 Å². The van der Waals surface area contributed by atoms with E-state index >= 15 is 0 Å². The summed E-state index contributed by atoms with van der Waals surface area (Å²) in [6.45, 7) is 4.28. The zero-order valence-corrected chi connectivity index (χ0v) is 13.2. The molecular formula is C18H26N2O. The normalized spacial score (nSPS) is 37.4. The van der Waals surface area contributed by atoms with Gasteiger partial charge in [0, 0.05) is 5.56 Å². The second-order valence-corrected chi connectivity index (χ2v) is 7.34. The molecule has 3 saturated carbocycles. The van der Waals surface area contributed by atoms with E-state index in [0.717, 1.165) is 35.3 Å². The van der Waals surface area contributed by atoms with Crippen molar-refractivity contribution in [2.45, 2.75) is 39.2 Å². The van der Waals surface area contributed by atoms with E-state index in [0.29, 0.717) is 0 Å². The van der Waals surface area contributed by atoms with Crippen molar-refractivity contribution in [1.29, 1.82) is 0 Å². The molecule has 0 aliphatic heterocycles. The molecule has 0 spiro atoms. The number of hydrogen-bond donors (Lipinski definition) is 2. The highest BCUT2D eigenvalue weighted by Gasteiger charge is 2.66. The summed E-state index contributed by atoms with van der Waals surface area (Å²) >= 11 is 0. The fraction of sp³-hybridized carbons (Fsp3) is 0.667. The Morgan fingerprint density at radius 1 is 1.19 bits per heavy atom. The predicted octanol–water partition coefficient (Wildman–Crippen LogP) is 3.11. The number of aryl methyl sites for hydroxylation is 1. The number of methoxy groups -OCH3 is 1. The number of ether oxygens (including phenoxy) is 1. The highest BCUT2D eigenvalue weighted by Crippen LogP contribution is 2.72. The van der Waals surface area contributed by atoms with Crippen LogP contribution in [0.3, 0.4) is 0 Å². The van der Waals surface area contributed by atoms with Crippen molar-refractivity contribution in [3.8, 4) is 5.75 Å². The Labute approximate surface area is 127 Å². The lowest BCUT2D eigenvalue weighted by atomic mass is 9.91. The Bertz CT molecular complexity index is 555. The van der Waals surface area contributed by atoms with Gasteiger partial charge in [0.1, 0.15) is 5.75 Å². The van der Waals surface area contributed by atoms with Gasteiger partial charge in [-0.1, -0.05) is 12.1 Å². The fourth-order valence-electron chi connectivity index (χ4n) is 5.57. The average Bonchev–Trinajstić information content (AvgIpc) is 2.91. The van der Waals surface area contributed by atoms with Crippen molar-refractivity contribution in [2.24, 2.45) is 35.4 Å². The number of fused-ring (bicyclic) bond motifs is 5. The van der Waals surface area contributed by atoms with Crippen LogP contribution in [0.1, 0.15) is 42.0 Å². The molecule has 5 unspecified atom stereocenters. The smallest absolute Gasteiger partial charge is 0.126 e. The van der Waals surface area contributed by atoms with Crippen LogP contribution in [0.25, 0.3) is 0 Å². The lowest BCUT2D eigenvalue weighted by molar-refractivity contribution is 0.352. The van der Waals surface area contributed by atoms with Crippen molar-refractivity contribution in [1.82, 2.24) is 5.43 Å². The first kappa shape index (κ1) is 13.6. The first-order valence-electron chi connectivity index (χ1n) is 8.27. The number of hydrogen-bond acceptors (Lipinski definition) is 3. The van der Waals surface area contributed by atoms with Crippen LogP contribution in [-0.2, 0) is 0 Å². The molecule has 0 aromatic heterocycles. The summed E-state index contributed by atoms with van der Waals surface area (Å²) < 4.78 is 5.71. The van der Waals surface area contributed by atoms with Gasteiger partial charge in [-0.15, -0.1) is 0 Å². The summed E-state index contributed by atoms with van der Waals surface area (Å²) in [5, 5.41) is 0. The number of hydrazine groups is 1. The highest BCUT2D eigenvalue weighted by molar-refractivity contribution is 5.47. The van der Waals surface area contributed by atoms with E-state index in [-0.39, 0.29) is 6.04 Å². The maximum Gasteiger partial charge on any atom is 0.126 e. The fourth-order valence-corrected chi connectivity index (χ4v) is 5.57. The Kier molecular flexibility index (Phi) is 3.05. The van der Waals surface area contributed by atoms with Crippen LogP contribution in [0, 0.1) is 43.4 Å². The molecule has 0 amide bonds. The second-order valence-electron chi connectivity index (χ2n) is 7.34. The summed E-state index contributed by atoms with van der Waals surface area (Å²) in [7, 11) is 1.77. The molecule has 3 fully saturated rings. The lowest BCUT2D eigenvalue weighted by Crippen LogP contribution is -2.31. The third-order valence-corrected chi connectivity index (χ3v) is 6.61. The zero-order valence-electron chi connectivity index (χ0n) is 13.2. The van der Waals surface area contributed by atoms with Gasteiger partial charge < -0.3 is 4.74 Å². The Morgan fingerprint density at radius 3 is 2.43 bits per heavy atom. The van der Waals surface area contributed by atoms with Gasteiger partial charge in [-0.3, -0.25) is 11.3 Å². The van der Waals surface area contributed by atoms with Gasteiger partial charge >= 0.3 is 0 Å². The molecule has 2 bridgehead atoms. The van der Waals surface area contributed by atoms with Crippen LogP contribution in [0.2, 0.25) is 0 Å². The summed E-state index contributed by atoms with van der Waals surface area (Å²) in [6.07, 6.45) is 4.38. The number of benzene rings is 1. The molecule has 114 valence electrons. The van der Waals surface area contributed by atoms with E-state index in [1.807, 2.05) is 0 Å². The standard InChI is InChI=1S/C18H26N2O/c1-9-4-7-13(18(21-3)10(9)2)17(20-19)16-14-11-5-6-12(8-11)15(14)16/h4,7,11-12,14-17,20H,5-6,8,19H2,1-3H3. The first-order valence-corrected chi connectivity index (χ1v) is 8.27. The predicted molar refractivity (Wildman–Crippen MR) is 83.8 cm³/mol. The Hall–Kier alpha value is -1.06. The molecule has 0 heterocycles. The molecule has 3 heteroatoms. The minimum atomic E-state index is 0.248.